The van der Waals surface area contributed by atoms with Gasteiger partial charge in [-0.05, 0) is 88.6 Å². The van der Waals surface area contributed by atoms with E-state index in [9.17, 15) is 53.4 Å². The van der Waals surface area contributed by atoms with Gasteiger partial charge in [0, 0.05) is 12.5 Å². The molecular weight excluding hydrogens is 917 g/mol. The van der Waals surface area contributed by atoms with Crippen molar-refractivity contribution in [2.24, 2.45) is 35.1 Å². The first kappa shape index (κ1) is 61.8. The van der Waals surface area contributed by atoms with E-state index >= 15 is 0 Å². The van der Waals surface area contributed by atoms with Gasteiger partial charge in [-0.2, -0.15) is 11.8 Å². The van der Waals surface area contributed by atoms with E-state index in [1.807, 2.05) is 47.8 Å². The largest absolute Gasteiger partial charge is 0.480 e. The molecular formula is C45H84N12O11S+2. The Kier molecular flexibility index (Phi) is 27.2. The summed E-state index contributed by atoms with van der Waals surface area (Å²) in [6.45, 7) is 17.3. The van der Waals surface area contributed by atoms with Crippen LogP contribution in [0.3, 0.4) is 0 Å². The zero-order valence-corrected chi connectivity index (χ0v) is 43.3. The Labute approximate surface area is 410 Å². The Morgan fingerprint density at radius 3 is 1.70 bits per heavy atom. The minimum atomic E-state index is -1.65. The number of thioether (sulfide) groups is 1. The number of aliphatic hydroxyl groups excluding tert-OH is 1. The van der Waals surface area contributed by atoms with Crippen molar-refractivity contribution in [2.45, 2.75) is 175 Å². The first-order valence-corrected chi connectivity index (χ1v) is 25.3. The number of likely N-dealkylation sites (tertiary alicyclic amines) is 1. The Hall–Kier alpha value is -5.23. The zero-order valence-electron chi connectivity index (χ0n) is 42.4. The number of hydrogen-bond acceptors (Lipinski definition) is 11. The molecule has 1 fully saturated rings. The van der Waals surface area contributed by atoms with Gasteiger partial charge in [0.2, 0.25) is 41.4 Å². The third kappa shape index (κ3) is 21.5. The standard InChI is InChI=1S/C45H82N12O11S/c1-22(2)20-30(38(61)54-31(44(67)68)21-23(3)4)53-41(64)34(25(7)8)55-42(65)35(27(10)58)56-37(60)28(14-12-17-49-45(47)48)51-39(62)32-15-13-18-57(32)43(66)26(9)50-36(59)29(16-19-69-11)52-40(63)33(46)24(5)6/h22-35,58H,12-21,46H2,1-11H3,(H,50,59)(H,51,62)(H,52,63)(H,53,64)(H,54,61)(H,55,65)(H,56,60)(H,67,68)(H4,47,48,49)/p+2/t26-,27+,28-,29-,30-,31-,32-,33-,34-,35-/m0/s1. The highest BCUT2D eigenvalue weighted by molar-refractivity contribution is 7.98. The monoisotopic (exact) mass is 1000 g/mol. The van der Waals surface area contributed by atoms with Crippen molar-refractivity contribution >= 4 is 70.9 Å². The predicted octanol–water partition coefficient (Wildman–Crippen LogP) is -4.24. The maximum atomic E-state index is 14.0. The summed E-state index contributed by atoms with van der Waals surface area (Å²) >= 11 is 1.49. The van der Waals surface area contributed by atoms with Crippen molar-refractivity contribution < 1.29 is 64.1 Å². The maximum absolute atomic E-state index is 14.0. The van der Waals surface area contributed by atoms with Crippen LogP contribution in [0.5, 0.6) is 0 Å². The van der Waals surface area contributed by atoms with Gasteiger partial charge in [0.05, 0.1) is 12.6 Å². The third-order valence-corrected chi connectivity index (χ3v) is 12.2. The molecule has 0 aromatic heterocycles. The predicted molar refractivity (Wildman–Crippen MR) is 260 cm³/mol. The first-order valence-electron chi connectivity index (χ1n) is 23.9. The van der Waals surface area contributed by atoms with Crippen LogP contribution in [0.25, 0.3) is 0 Å². The summed E-state index contributed by atoms with van der Waals surface area (Å²) < 4.78 is 0. The summed E-state index contributed by atoms with van der Waals surface area (Å²) in [7, 11) is 0. The Balaban J connectivity index is 3.32. The molecule has 17 N–H and O–H groups in total. The number of nitrogens with two attached hydrogens (primary N) is 2. The number of nitrogens with one attached hydrogen (secondary N) is 8. The van der Waals surface area contributed by atoms with Crippen molar-refractivity contribution in [3.8, 4) is 0 Å². The number of carbonyl (C=O) groups is 9. The number of rotatable bonds is 30. The fourth-order valence-corrected chi connectivity index (χ4v) is 7.93. The lowest BCUT2D eigenvalue weighted by Gasteiger charge is -2.31. The Bertz CT molecular complexity index is 1780. The quantitative estimate of drug-likeness (QED) is 0.0184. The summed E-state index contributed by atoms with van der Waals surface area (Å²) in [5.74, 6) is -7.09. The minimum absolute atomic E-state index is 0.0243. The Morgan fingerprint density at radius 2 is 1.17 bits per heavy atom. The molecule has 1 aliphatic rings. The van der Waals surface area contributed by atoms with Crippen molar-refractivity contribution in [2.75, 3.05) is 25.1 Å². The molecule has 0 saturated carbocycles. The van der Waals surface area contributed by atoms with Gasteiger partial charge in [0.15, 0.2) is 6.04 Å². The van der Waals surface area contributed by atoms with E-state index in [0.717, 1.165) is 0 Å². The molecule has 69 heavy (non-hydrogen) atoms. The number of hydrogen-bond donors (Lipinski definition) is 13. The van der Waals surface area contributed by atoms with E-state index in [0.29, 0.717) is 18.6 Å². The van der Waals surface area contributed by atoms with Gasteiger partial charge < -0.3 is 58.1 Å². The number of nitrogens with zero attached hydrogens (tertiary/aromatic N) is 1. The number of quaternary nitrogens is 1. The summed E-state index contributed by atoms with van der Waals surface area (Å²) in [5, 5.41) is 38.9. The van der Waals surface area contributed by atoms with Gasteiger partial charge in [-0.3, -0.25) is 54.8 Å². The maximum Gasteiger partial charge on any atom is 0.338 e. The van der Waals surface area contributed by atoms with Crippen LogP contribution in [0.4, 0.5) is 0 Å². The van der Waals surface area contributed by atoms with E-state index in [-0.39, 0.29) is 68.9 Å². The van der Waals surface area contributed by atoms with Crippen LogP contribution in [-0.2, 0) is 43.2 Å². The van der Waals surface area contributed by atoms with Crippen molar-refractivity contribution in [3.05, 3.63) is 0 Å². The van der Waals surface area contributed by atoms with Crippen LogP contribution in [0.15, 0.2) is 0 Å². The summed E-state index contributed by atoms with van der Waals surface area (Å²) in [5.41, 5.74) is 15.0. The van der Waals surface area contributed by atoms with Crippen LogP contribution < -0.4 is 59.4 Å². The fourth-order valence-electron chi connectivity index (χ4n) is 7.46. The number of carboxylic acids is 1. The van der Waals surface area contributed by atoms with Crippen LogP contribution in [0, 0.1) is 23.7 Å². The second-order valence-corrected chi connectivity index (χ2v) is 20.4. The van der Waals surface area contributed by atoms with Gasteiger partial charge >= 0.3 is 11.9 Å². The lowest BCUT2D eigenvalue weighted by Crippen LogP contribution is -2.78. The second kappa shape index (κ2) is 30.4. The molecule has 24 heteroatoms. The van der Waals surface area contributed by atoms with Crippen LogP contribution >= 0.6 is 11.8 Å². The summed E-state index contributed by atoms with van der Waals surface area (Å²) in [6.07, 6.45) is 1.81. The van der Waals surface area contributed by atoms with Gasteiger partial charge in [0.1, 0.15) is 48.3 Å². The minimum Gasteiger partial charge on any atom is -0.480 e. The van der Waals surface area contributed by atoms with E-state index in [2.05, 4.69) is 47.9 Å². The molecule has 8 amide bonds. The van der Waals surface area contributed by atoms with E-state index in [1.54, 1.807) is 13.8 Å². The van der Waals surface area contributed by atoms with E-state index in [1.165, 1.54) is 30.5 Å². The lowest BCUT2D eigenvalue weighted by atomic mass is 9.98. The van der Waals surface area contributed by atoms with Crippen LogP contribution in [0.2, 0.25) is 0 Å². The lowest BCUT2D eigenvalue weighted by molar-refractivity contribution is -0.459. The highest BCUT2D eigenvalue weighted by atomic mass is 32.2. The van der Waals surface area contributed by atoms with Gasteiger partial charge in [-0.15, -0.1) is 0 Å². The van der Waals surface area contributed by atoms with Crippen LogP contribution in [0.1, 0.15) is 114 Å². The molecule has 0 radical (unpaired) electrons. The molecule has 1 heterocycles. The molecule has 0 aliphatic carbocycles. The number of amides is 8. The molecule has 394 valence electrons. The molecule has 1 aliphatic heterocycles. The van der Waals surface area contributed by atoms with Crippen molar-refractivity contribution in [3.63, 3.8) is 0 Å². The number of carbonyl (C=O) groups excluding carboxylic acids is 8. The number of aliphatic hydroxyl groups is 1. The Morgan fingerprint density at radius 1 is 0.667 bits per heavy atom. The molecule has 1 rings (SSSR count). The summed E-state index contributed by atoms with van der Waals surface area (Å²) in [6, 6.07) is -10.3. The zero-order chi connectivity index (χ0) is 52.9. The molecule has 0 unspecified atom stereocenters. The highest BCUT2D eigenvalue weighted by Gasteiger charge is 2.40. The van der Waals surface area contributed by atoms with E-state index < -0.39 is 120 Å². The third-order valence-electron chi connectivity index (χ3n) is 11.6. The van der Waals surface area contributed by atoms with Gasteiger partial charge in [0.25, 0.3) is 5.91 Å². The molecule has 23 nitrogen and oxygen atoms in total. The molecule has 0 bridgehead atoms. The van der Waals surface area contributed by atoms with Crippen LogP contribution in [-0.4, -0.2) is 160 Å². The smallest absolute Gasteiger partial charge is 0.338 e. The van der Waals surface area contributed by atoms with Crippen molar-refractivity contribution in [1.82, 2.24) is 42.1 Å². The molecule has 0 aromatic rings. The summed E-state index contributed by atoms with van der Waals surface area (Å²) in [4.78, 5) is 125. The second-order valence-electron chi connectivity index (χ2n) is 19.4. The van der Waals surface area contributed by atoms with E-state index in [4.69, 9.17) is 11.5 Å². The SMILES string of the molecule is CSCC[C@H](NC(=O)[C@@H]([NH3+])C(C)C)C(=O)N[C@@H](C)C(=O)N1CCC[C@H]1C(=O)N[C@@H](CCC[NH+]=C(N)N)C(=O)N[C@H](C(=O)N[C@H](C(=O)N[C@@H](CC(C)C)C(=O)N[C@@H](CC(C)C)C(=O)O)C(C)C)[C@@H](C)O. The molecule has 10 atom stereocenters. The molecule has 0 aromatic carbocycles. The molecule has 0 spiro atoms. The van der Waals surface area contributed by atoms with Crippen molar-refractivity contribution in [1.29, 1.82) is 0 Å². The first-order chi connectivity index (χ1) is 32.1. The average molecular weight is 1000 g/mol. The molecule has 1 saturated heterocycles. The topological polar surface area (TPSA) is 375 Å². The number of carboxylic acid groups (broad SMARTS) is 1. The normalized spacial score (nSPS) is 17.6. The fraction of sp³-hybridized carbons (Fsp3) is 0.778. The number of aliphatic carboxylic acids is 1. The van der Waals surface area contributed by atoms with Gasteiger partial charge in [-0.25, -0.2) is 4.79 Å². The van der Waals surface area contributed by atoms with Gasteiger partial charge in [-0.1, -0.05) is 55.4 Å². The number of guanidine groups is 1. The highest BCUT2D eigenvalue weighted by Crippen LogP contribution is 2.20. The average Bonchev–Trinajstić information content (AvgIpc) is 3.75.